The van der Waals surface area contributed by atoms with Crippen molar-refractivity contribution in [2.24, 2.45) is 0 Å². The summed E-state index contributed by atoms with van der Waals surface area (Å²) in [4.78, 5) is 19.0. The predicted octanol–water partition coefficient (Wildman–Crippen LogP) is 4.05. The van der Waals surface area contributed by atoms with E-state index in [0.29, 0.717) is 13.0 Å². The van der Waals surface area contributed by atoms with Crippen molar-refractivity contribution >= 4 is 28.1 Å². The first kappa shape index (κ1) is 14.9. The van der Waals surface area contributed by atoms with Gasteiger partial charge in [-0.2, -0.15) is 0 Å². The van der Waals surface area contributed by atoms with E-state index in [1.165, 1.54) is 10.4 Å². The minimum atomic E-state index is 0.153. The summed E-state index contributed by atoms with van der Waals surface area (Å²) in [6, 6.07) is 10.2. The third-order valence-corrected chi connectivity index (χ3v) is 5.14. The summed E-state index contributed by atoms with van der Waals surface area (Å²) in [5.41, 5.74) is 4.54. The number of thiophene rings is 1. The minimum Gasteiger partial charge on any atom is -0.358 e. The van der Waals surface area contributed by atoms with Crippen molar-refractivity contribution in [3.63, 3.8) is 0 Å². The normalized spacial score (nSPS) is 11.0. The fourth-order valence-electron chi connectivity index (χ4n) is 2.72. The number of amides is 1. The Balaban J connectivity index is 1.78. The Kier molecular flexibility index (Phi) is 4.03. The van der Waals surface area contributed by atoms with Gasteiger partial charge in [0.1, 0.15) is 0 Å². The smallest absolute Gasteiger partial charge is 0.227 e. The first-order valence-corrected chi connectivity index (χ1v) is 8.27. The molecule has 3 aromatic rings. The summed E-state index contributed by atoms with van der Waals surface area (Å²) in [7, 11) is 1.88. The van der Waals surface area contributed by atoms with Gasteiger partial charge in [0.2, 0.25) is 5.91 Å². The number of nitrogens with one attached hydrogen (secondary N) is 1. The van der Waals surface area contributed by atoms with Gasteiger partial charge in [-0.1, -0.05) is 18.2 Å². The fourth-order valence-corrected chi connectivity index (χ4v) is 3.68. The van der Waals surface area contributed by atoms with Crippen molar-refractivity contribution in [2.45, 2.75) is 26.8 Å². The second-order valence-corrected chi connectivity index (χ2v) is 6.73. The lowest BCUT2D eigenvalue weighted by molar-refractivity contribution is -0.129. The number of para-hydroxylation sites is 1. The van der Waals surface area contributed by atoms with Crippen LogP contribution in [0.3, 0.4) is 0 Å². The van der Waals surface area contributed by atoms with Crippen LogP contribution >= 0.6 is 11.3 Å². The minimum absolute atomic E-state index is 0.153. The molecule has 1 aromatic carbocycles. The standard InChI is InChI=1S/C18H20N2OS/c1-12-8-9-22-17(12)11-20(3)18(21)10-15-13(2)19-16-7-5-4-6-14(15)16/h4-9,19H,10-11H2,1-3H3. The summed E-state index contributed by atoms with van der Waals surface area (Å²) >= 11 is 1.71. The number of hydrogen-bond acceptors (Lipinski definition) is 2. The number of aromatic nitrogens is 1. The average Bonchev–Trinajstić information content (AvgIpc) is 3.03. The molecule has 0 fully saturated rings. The molecule has 0 spiro atoms. The molecular weight excluding hydrogens is 292 g/mol. The highest BCUT2D eigenvalue weighted by Gasteiger charge is 2.16. The number of aryl methyl sites for hydroxylation is 2. The molecule has 0 aliphatic heterocycles. The molecule has 3 nitrogen and oxygen atoms in total. The third-order valence-electron chi connectivity index (χ3n) is 4.13. The van der Waals surface area contributed by atoms with Crippen molar-refractivity contribution in [1.29, 1.82) is 0 Å². The predicted molar refractivity (Wildman–Crippen MR) is 92.3 cm³/mol. The van der Waals surface area contributed by atoms with Crippen molar-refractivity contribution in [1.82, 2.24) is 9.88 Å². The lowest BCUT2D eigenvalue weighted by Crippen LogP contribution is -2.27. The Labute approximate surface area is 134 Å². The van der Waals surface area contributed by atoms with Crippen LogP contribution in [0, 0.1) is 13.8 Å². The molecule has 0 aliphatic carbocycles. The van der Waals surface area contributed by atoms with Crippen LogP contribution in [0.2, 0.25) is 0 Å². The Morgan fingerprint density at radius 2 is 2.00 bits per heavy atom. The third kappa shape index (κ3) is 2.79. The largest absolute Gasteiger partial charge is 0.358 e. The van der Waals surface area contributed by atoms with E-state index < -0.39 is 0 Å². The molecule has 114 valence electrons. The molecule has 3 rings (SSSR count). The summed E-state index contributed by atoms with van der Waals surface area (Å²) in [6.07, 6.45) is 0.441. The van der Waals surface area contributed by atoms with E-state index in [1.54, 1.807) is 11.3 Å². The molecule has 2 heterocycles. The molecule has 0 radical (unpaired) electrons. The van der Waals surface area contributed by atoms with Crippen molar-refractivity contribution in [2.75, 3.05) is 7.05 Å². The van der Waals surface area contributed by atoms with E-state index in [1.807, 2.05) is 31.0 Å². The summed E-state index contributed by atoms with van der Waals surface area (Å²) in [5.74, 6) is 0.153. The van der Waals surface area contributed by atoms with Gasteiger partial charge in [-0.25, -0.2) is 0 Å². The molecule has 0 saturated carbocycles. The molecule has 0 unspecified atom stereocenters. The zero-order chi connectivity index (χ0) is 15.7. The van der Waals surface area contributed by atoms with Gasteiger partial charge in [-0.15, -0.1) is 11.3 Å². The number of H-pyrrole nitrogens is 1. The number of carbonyl (C=O) groups excluding carboxylic acids is 1. The SMILES string of the molecule is Cc1ccsc1CN(C)C(=O)Cc1c(C)[nH]c2ccccc12. The maximum Gasteiger partial charge on any atom is 0.227 e. The Bertz CT molecular complexity index is 815. The number of carbonyl (C=O) groups is 1. The number of nitrogens with zero attached hydrogens (tertiary/aromatic N) is 1. The van der Waals surface area contributed by atoms with Crippen LogP contribution in [0.25, 0.3) is 10.9 Å². The molecule has 0 aliphatic rings. The average molecular weight is 312 g/mol. The van der Waals surface area contributed by atoms with Gasteiger partial charge in [0, 0.05) is 28.5 Å². The molecule has 4 heteroatoms. The van der Waals surface area contributed by atoms with Crippen LogP contribution in [0.4, 0.5) is 0 Å². The van der Waals surface area contributed by atoms with E-state index in [9.17, 15) is 4.79 Å². The molecule has 22 heavy (non-hydrogen) atoms. The fraction of sp³-hybridized carbons (Fsp3) is 0.278. The number of fused-ring (bicyclic) bond motifs is 1. The Morgan fingerprint density at radius 3 is 2.73 bits per heavy atom. The Hall–Kier alpha value is -2.07. The van der Waals surface area contributed by atoms with Gasteiger partial charge in [-0.05, 0) is 42.5 Å². The summed E-state index contributed by atoms with van der Waals surface area (Å²) in [6.45, 7) is 4.81. The molecular formula is C18H20N2OS. The molecule has 0 bridgehead atoms. The second kappa shape index (κ2) is 5.97. The Morgan fingerprint density at radius 1 is 1.23 bits per heavy atom. The van der Waals surface area contributed by atoms with E-state index >= 15 is 0 Å². The molecule has 2 aromatic heterocycles. The molecule has 1 amide bonds. The van der Waals surface area contributed by atoms with Crippen LogP contribution in [0.1, 0.15) is 21.7 Å². The number of hydrogen-bond donors (Lipinski definition) is 1. The van der Waals surface area contributed by atoms with Gasteiger partial charge in [0.25, 0.3) is 0 Å². The van der Waals surface area contributed by atoms with Crippen LogP contribution < -0.4 is 0 Å². The maximum atomic E-state index is 12.6. The van der Waals surface area contributed by atoms with Gasteiger partial charge in [-0.3, -0.25) is 4.79 Å². The summed E-state index contributed by atoms with van der Waals surface area (Å²) < 4.78 is 0. The van der Waals surface area contributed by atoms with Crippen molar-refractivity contribution in [3.05, 3.63) is 57.4 Å². The van der Waals surface area contributed by atoms with Crippen molar-refractivity contribution in [3.8, 4) is 0 Å². The van der Waals surface area contributed by atoms with E-state index in [0.717, 1.165) is 22.2 Å². The summed E-state index contributed by atoms with van der Waals surface area (Å²) in [5, 5.41) is 3.22. The number of rotatable bonds is 4. The van der Waals surface area contributed by atoms with Crippen LogP contribution in [-0.2, 0) is 17.8 Å². The second-order valence-electron chi connectivity index (χ2n) is 5.73. The lowest BCUT2D eigenvalue weighted by atomic mass is 10.1. The van der Waals surface area contributed by atoms with Gasteiger partial charge < -0.3 is 9.88 Å². The van der Waals surface area contributed by atoms with Crippen LogP contribution in [0.15, 0.2) is 35.7 Å². The maximum absolute atomic E-state index is 12.6. The van der Waals surface area contributed by atoms with Crippen molar-refractivity contribution < 1.29 is 4.79 Å². The highest BCUT2D eigenvalue weighted by molar-refractivity contribution is 7.10. The molecule has 0 saturated heterocycles. The van der Waals surface area contributed by atoms with Crippen LogP contribution in [0.5, 0.6) is 0 Å². The topological polar surface area (TPSA) is 36.1 Å². The number of likely N-dealkylation sites (N-methyl/N-ethyl adjacent to an activating group) is 1. The molecule has 1 N–H and O–H groups in total. The van der Waals surface area contributed by atoms with E-state index in [-0.39, 0.29) is 5.91 Å². The quantitative estimate of drug-likeness (QED) is 0.775. The highest BCUT2D eigenvalue weighted by atomic mass is 32.1. The van der Waals surface area contributed by atoms with E-state index in [2.05, 4.69) is 35.5 Å². The van der Waals surface area contributed by atoms with Gasteiger partial charge in [0.05, 0.1) is 13.0 Å². The highest BCUT2D eigenvalue weighted by Crippen LogP contribution is 2.23. The molecule has 0 atom stereocenters. The number of benzene rings is 1. The first-order chi connectivity index (χ1) is 10.6. The first-order valence-electron chi connectivity index (χ1n) is 7.39. The zero-order valence-electron chi connectivity index (χ0n) is 13.1. The van der Waals surface area contributed by atoms with Gasteiger partial charge >= 0.3 is 0 Å². The lowest BCUT2D eigenvalue weighted by Gasteiger charge is -2.17. The monoisotopic (exact) mass is 312 g/mol. The van der Waals surface area contributed by atoms with E-state index in [4.69, 9.17) is 0 Å². The zero-order valence-corrected chi connectivity index (χ0v) is 14.0. The van der Waals surface area contributed by atoms with Crippen LogP contribution in [-0.4, -0.2) is 22.8 Å². The number of aromatic amines is 1. The van der Waals surface area contributed by atoms with Gasteiger partial charge in [0.15, 0.2) is 0 Å².